The Hall–Kier alpha value is -1.91. The first-order valence-electron chi connectivity index (χ1n) is 12.8. The van der Waals surface area contributed by atoms with Crippen LogP contribution < -0.4 is 4.90 Å². The van der Waals surface area contributed by atoms with E-state index in [0.717, 1.165) is 38.5 Å². The van der Waals surface area contributed by atoms with E-state index in [1.54, 1.807) is 5.57 Å². The lowest BCUT2D eigenvalue weighted by atomic mass is 9.51. The minimum absolute atomic E-state index is 0.138. The number of ketones is 1. The molecule has 5 rings (SSSR count). The zero-order valence-electron chi connectivity index (χ0n) is 20.4. The number of aliphatic hydroxyl groups is 2. The maximum atomic E-state index is 12.2. The Morgan fingerprint density at radius 1 is 1.09 bits per heavy atom. The van der Waals surface area contributed by atoms with E-state index in [9.17, 15) is 15.0 Å². The Bertz CT molecular complexity index is 991. The van der Waals surface area contributed by atoms with Gasteiger partial charge in [-0.1, -0.05) is 24.6 Å². The molecule has 2 fully saturated rings. The summed E-state index contributed by atoms with van der Waals surface area (Å²) >= 11 is 0. The lowest BCUT2D eigenvalue weighted by Gasteiger charge is -2.55. The molecule has 1 aromatic carbocycles. The summed E-state index contributed by atoms with van der Waals surface area (Å²) in [5.74, 6) is 1.50. The normalized spacial score (nSPS) is 35.6. The minimum atomic E-state index is -0.711. The molecule has 0 amide bonds. The molecule has 1 unspecified atom stereocenters. The van der Waals surface area contributed by atoms with Crippen molar-refractivity contribution in [2.75, 3.05) is 25.6 Å². The highest BCUT2D eigenvalue weighted by atomic mass is 16.3. The predicted molar refractivity (Wildman–Crippen MR) is 132 cm³/mol. The molecule has 0 bridgehead atoms. The van der Waals surface area contributed by atoms with Crippen molar-refractivity contribution in [3.8, 4) is 0 Å². The second-order valence-electron chi connectivity index (χ2n) is 11.4. The number of aliphatic hydroxyl groups excluding tert-OH is 1. The van der Waals surface area contributed by atoms with E-state index in [1.165, 1.54) is 22.4 Å². The van der Waals surface area contributed by atoms with Crippen LogP contribution in [0.3, 0.4) is 0 Å². The molecule has 4 aliphatic carbocycles. The van der Waals surface area contributed by atoms with Crippen molar-refractivity contribution in [3.05, 3.63) is 52.6 Å². The number of nitrogens with zero attached hydrogens (tertiary/aromatic N) is 1. The Kier molecular flexibility index (Phi) is 5.81. The summed E-state index contributed by atoms with van der Waals surface area (Å²) in [4.78, 5) is 14.3. The first-order chi connectivity index (χ1) is 15.8. The van der Waals surface area contributed by atoms with Crippen LogP contribution in [-0.4, -0.2) is 42.3 Å². The molecule has 33 heavy (non-hydrogen) atoms. The van der Waals surface area contributed by atoms with E-state index in [1.807, 2.05) is 6.08 Å². The lowest BCUT2D eigenvalue weighted by Crippen LogP contribution is -2.51. The van der Waals surface area contributed by atoms with E-state index >= 15 is 0 Å². The van der Waals surface area contributed by atoms with Gasteiger partial charge in [-0.25, -0.2) is 0 Å². The Morgan fingerprint density at radius 3 is 2.55 bits per heavy atom. The van der Waals surface area contributed by atoms with Crippen LogP contribution in [0.1, 0.15) is 76.2 Å². The van der Waals surface area contributed by atoms with Gasteiger partial charge in [0.25, 0.3) is 0 Å². The summed E-state index contributed by atoms with van der Waals surface area (Å²) in [6, 6.07) is 8.98. The number of allylic oxidation sites excluding steroid dienone is 4. The topological polar surface area (TPSA) is 60.8 Å². The van der Waals surface area contributed by atoms with Crippen molar-refractivity contribution in [3.63, 3.8) is 0 Å². The number of fused-ring (bicyclic) bond motifs is 4. The van der Waals surface area contributed by atoms with Gasteiger partial charge in [-0.05, 0) is 98.1 Å². The molecule has 0 heterocycles. The fraction of sp³-hybridized carbons (Fsp3) is 0.621. The quantitative estimate of drug-likeness (QED) is 0.652. The summed E-state index contributed by atoms with van der Waals surface area (Å²) in [6.45, 7) is 2.47. The van der Waals surface area contributed by atoms with E-state index in [0.29, 0.717) is 31.1 Å². The second kappa shape index (κ2) is 8.39. The van der Waals surface area contributed by atoms with Crippen molar-refractivity contribution in [2.45, 2.75) is 76.2 Å². The maximum absolute atomic E-state index is 12.2. The molecule has 0 radical (unpaired) electrons. The average molecular weight is 450 g/mol. The van der Waals surface area contributed by atoms with Gasteiger partial charge in [-0.3, -0.25) is 4.79 Å². The molecule has 4 nitrogen and oxygen atoms in total. The van der Waals surface area contributed by atoms with E-state index in [-0.39, 0.29) is 23.7 Å². The fourth-order valence-electron chi connectivity index (χ4n) is 7.84. The Morgan fingerprint density at radius 2 is 1.85 bits per heavy atom. The number of benzene rings is 1. The van der Waals surface area contributed by atoms with Crippen LogP contribution in [0.4, 0.5) is 5.69 Å². The first kappa shape index (κ1) is 22.9. The molecule has 2 N–H and O–H groups in total. The minimum Gasteiger partial charge on any atom is -0.396 e. The van der Waals surface area contributed by atoms with E-state index < -0.39 is 5.60 Å². The zero-order chi connectivity index (χ0) is 23.4. The average Bonchev–Trinajstić information content (AvgIpc) is 3.07. The lowest BCUT2D eigenvalue weighted by molar-refractivity contribution is -0.114. The van der Waals surface area contributed by atoms with Gasteiger partial charge in [0.15, 0.2) is 5.78 Å². The molecule has 2 saturated carbocycles. The standard InChI is InChI=1S/C29H39NO3/c1-28-18-25(19-5-8-21(9-6-19)30(2)3)27-23-12-10-22(32)17-20(23)7-11-24(27)26(28)13-15-29(28,33)14-4-16-31/h5-6,8-9,17,24-26,31,33H,4,7,10-16,18H2,1-3H3/t24-,25?,26+,28+,29+/m0/s1. The smallest absolute Gasteiger partial charge is 0.156 e. The number of hydrogen-bond donors (Lipinski definition) is 2. The molecule has 0 aliphatic heterocycles. The molecule has 5 atom stereocenters. The first-order valence-corrected chi connectivity index (χ1v) is 12.8. The largest absolute Gasteiger partial charge is 0.396 e. The zero-order valence-corrected chi connectivity index (χ0v) is 20.4. The number of hydrogen-bond acceptors (Lipinski definition) is 4. The van der Waals surface area contributed by atoms with Gasteiger partial charge in [0, 0.05) is 44.1 Å². The van der Waals surface area contributed by atoms with Crippen molar-refractivity contribution in [1.29, 1.82) is 0 Å². The molecule has 0 aromatic heterocycles. The third kappa shape index (κ3) is 3.61. The van der Waals surface area contributed by atoms with Crippen LogP contribution in [-0.2, 0) is 4.79 Å². The molecule has 0 spiro atoms. The summed E-state index contributed by atoms with van der Waals surface area (Å²) in [7, 11) is 4.14. The molecule has 178 valence electrons. The van der Waals surface area contributed by atoms with Crippen LogP contribution in [0.2, 0.25) is 0 Å². The van der Waals surface area contributed by atoms with E-state index in [4.69, 9.17) is 0 Å². The van der Waals surface area contributed by atoms with Crippen LogP contribution in [0.15, 0.2) is 47.1 Å². The van der Waals surface area contributed by atoms with Gasteiger partial charge in [0.2, 0.25) is 0 Å². The third-order valence-corrected chi connectivity index (χ3v) is 9.62. The van der Waals surface area contributed by atoms with Crippen LogP contribution >= 0.6 is 0 Å². The van der Waals surface area contributed by atoms with Gasteiger partial charge in [0.05, 0.1) is 5.60 Å². The van der Waals surface area contributed by atoms with Gasteiger partial charge >= 0.3 is 0 Å². The van der Waals surface area contributed by atoms with Crippen LogP contribution in [0.25, 0.3) is 0 Å². The van der Waals surface area contributed by atoms with Crippen molar-refractivity contribution < 1.29 is 15.0 Å². The summed E-state index contributed by atoms with van der Waals surface area (Å²) < 4.78 is 0. The van der Waals surface area contributed by atoms with Gasteiger partial charge in [-0.15, -0.1) is 0 Å². The monoisotopic (exact) mass is 449 g/mol. The summed E-state index contributed by atoms with van der Waals surface area (Å²) in [5.41, 5.74) is 5.98. The maximum Gasteiger partial charge on any atom is 0.156 e. The molecule has 0 saturated heterocycles. The highest BCUT2D eigenvalue weighted by Gasteiger charge is 2.62. The van der Waals surface area contributed by atoms with E-state index in [2.05, 4.69) is 50.2 Å². The fourth-order valence-corrected chi connectivity index (χ4v) is 7.84. The third-order valence-electron chi connectivity index (χ3n) is 9.62. The predicted octanol–water partition coefficient (Wildman–Crippen LogP) is 5.16. The van der Waals surface area contributed by atoms with Crippen LogP contribution in [0, 0.1) is 17.3 Å². The van der Waals surface area contributed by atoms with Gasteiger partial charge < -0.3 is 15.1 Å². The van der Waals surface area contributed by atoms with Crippen molar-refractivity contribution >= 4 is 11.5 Å². The van der Waals surface area contributed by atoms with Gasteiger partial charge in [-0.2, -0.15) is 0 Å². The second-order valence-corrected chi connectivity index (χ2v) is 11.4. The molecule has 4 heteroatoms. The number of carbonyl (C=O) groups is 1. The Labute approximate surface area is 198 Å². The molecule has 4 aliphatic rings. The highest BCUT2D eigenvalue weighted by molar-refractivity contribution is 5.93. The SMILES string of the molecule is CN(C)c1ccc(C2C[C@]3(C)[C@H](CC[C@]3(O)CCCO)[C@@H]3CCC4=CC(=O)CCC4=C23)cc1. The molecule has 1 aromatic rings. The number of anilines is 1. The van der Waals surface area contributed by atoms with Crippen molar-refractivity contribution in [1.82, 2.24) is 0 Å². The Balaban J connectivity index is 1.62. The number of rotatable bonds is 5. The number of carbonyl (C=O) groups excluding carboxylic acids is 1. The summed E-state index contributed by atoms with van der Waals surface area (Å²) in [5, 5.41) is 21.4. The molecular formula is C29H39NO3. The van der Waals surface area contributed by atoms with Crippen LogP contribution in [0.5, 0.6) is 0 Å². The van der Waals surface area contributed by atoms with Gasteiger partial charge in [0.1, 0.15) is 0 Å². The van der Waals surface area contributed by atoms with Crippen molar-refractivity contribution in [2.24, 2.45) is 17.3 Å². The highest BCUT2D eigenvalue weighted by Crippen LogP contribution is 2.67. The molecular weight excluding hydrogens is 410 g/mol. The summed E-state index contributed by atoms with van der Waals surface area (Å²) in [6.07, 6.45) is 9.68.